The topological polar surface area (TPSA) is 46.4 Å². The van der Waals surface area contributed by atoms with Crippen LogP contribution in [-0.4, -0.2) is 11.5 Å². The van der Waals surface area contributed by atoms with E-state index in [1.807, 2.05) is 49.1 Å². The van der Waals surface area contributed by atoms with Crippen LogP contribution in [-0.2, 0) is 5.88 Å². The van der Waals surface area contributed by atoms with Gasteiger partial charge in [0, 0.05) is 24.2 Å². The Morgan fingerprint density at radius 1 is 1.24 bits per heavy atom. The van der Waals surface area contributed by atoms with Gasteiger partial charge in [0.15, 0.2) is 0 Å². The molecule has 0 atom stereocenters. The number of aryl methyl sites for hydroxylation is 1. The maximum atomic E-state index is 11.3. The van der Waals surface area contributed by atoms with Crippen LogP contribution in [0.4, 0.5) is 17.1 Å². The number of nitro groups is 1. The Hall–Kier alpha value is -2.07. The maximum Gasteiger partial charge on any atom is 0.293 e. The van der Waals surface area contributed by atoms with E-state index in [1.165, 1.54) is 0 Å². The molecule has 0 radical (unpaired) electrons. The molecule has 0 aliphatic heterocycles. The van der Waals surface area contributed by atoms with Gasteiger partial charge >= 0.3 is 0 Å². The summed E-state index contributed by atoms with van der Waals surface area (Å²) in [6.45, 7) is 4.62. The average Bonchev–Trinajstić information content (AvgIpc) is 2.48. The van der Waals surface area contributed by atoms with Crippen molar-refractivity contribution in [3.05, 3.63) is 63.7 Å². The first kappa shape index (κ1) is 15.3. The summed E-state index contributed by atoms with van der Waals surface area (Å²) < 4.78 is 0. The summed E-state index contributed by atoms with van der Waals surface area (Å²) in [5.41, 5.74) is 3.47. The second-order valence-corrected chi connectivity index (χ2v) is 5.06. The minimum atomic E-state index is -0.357. The lowest BCUT2D eigenvalue weighted by Crippen LogP contribution is -2.17. The third kappa shape index (κ3) is 3.34. The summed E-state index contributed by atoms with van der Waals surface area (Å²) in [7, 11) is 0. The van der Waals surface area contributed by atoms with Crippen molar-refractivity contribution in [2.45, 2.75) is 19.7 Å². The van der Waals surface area contributed by atoms with E-state index in [-0.39, 0.29) is 16.5 Å². The van der Waals surface area contributed by atoms with E-state index in [4.69, 9.17) is 11.6 Å². The molecule has 0 saturated carbocycles. The van der Waals surface area contributed by atoms with Crippen molar-refractivity contribution in [1.29, 1.82) is 0 Å². The molecule has 0 heterocycles. The number of benzene rings is 2. The van der Waals surface area contributed by atoms with Crippen LogP contribution < -0.4 is 4.90 Å². The lowest BCUT2D eigenvalue weighted by Gasteiger charge is -2.23. The predicted octanol–water partition coefficient (Wildman–Crippen LogP) is 4.80. The Morgan fingerprint density at radius 3 is 2.57 bits per heavy atom. The third-order valence-electron chi connectivity index (χ3n) is 3.31. The van der Waals surface area contributed by atoms with Crippen LogP contribution in [0.25, 0.3) is 0 Å². The average molecular weight is 305 g/mol. The van der Waals surface area contributed by atoms with Gasteiger partial charge in [-0.3, -0.25) is 10.1 Å². The molecular weight excluding hydrogens is 288 g/mol. The number of halogens is 1. The smallest absolute Gasteiger partial charge is 0.293 e. The van der Waals surface area contributed by atoms with Gasteiger partial charge in [-0.05, 0) is 43.2 Å². The summed E-state index contributed by atoms with van der Waals surface area (Å²) >= 11 is 5.77. The standard InChI is InChI=1S/C16H17ClN2O2/c1-3-18(14-6-4-5-12(2)9-14)15-8-7-13(11-17)10-16(15)19(20)21/h4-10H,3,11H2,1-2H3. The zero-order valence-electron chi connectivity index (χ0n) is 12.0. The molecule has 2 rings (SSSR count). The van der Waals surface area contributed by atoms with Crippen molar-refractivity contribution in [3.63, 3.8) is 0 Å². The number of hydrogen-bond donors (Lipinski definition) is 0. The van der Waals surface area contributed by atoms with Gasteiger partial charge in [0.05, 0.1) is 4.92 Å². The van der Waals surface area contributed by atoms with Crippen LogP contribution in [0.1, 0.15) is 18.1 Å². The summed E-state index contributed by atoms with van der Waals surface area (Å²) in [5, 5.41) is 11.3. The first-order chi connectivity index (χ1) is 10.1. The molecule has 0 amide bonds. The van der Waals surface area contributed by atoms with E-state index >= 15 is 0 Å². The highest BCUT2D eigenvalue weighted by atomic mass is 35.5. The molecule has 0 aliphatic carbocycles. The van der Waals surface area contributed by atoms with Crippen molar-refractivity contribution in [2.24, 2.45) is 0 Å². The Bertz CT molecular complexity index is 658. The monoisotopic (exact) mass is 304 g/mol. The zero-order valence-corrected chi connectivity index (χ0v) is 12.8. The fourth-order valence-corrected chi connectivity index (χ4v) is 2.48. The molecule has 21 heavy (non-hydrogen) atoms. The van der Waals surface area contributed by atoms with Crippen molar-refractivity contribution in [2.75, 3.05) is 11.4 Å². The van der Waals surface area contributed by atoms with E-state index in [1.54, 1.807) is 12.1 Å². The molecule has 0 bridgehead atoms. The Balaban J connectivity index is 2.54. The van der Waals surface area contributed by atoms with Gasteiger partial charge in [-0.1, -0.05) is 18.2 Å². The third-order valence-corrected chi connectivity index (χ3v) is 3.62. The summed E-state index contributed by atoms with van der Waals surface area (Å²) in [5.74, 6) is 0.262. The second-order valence-electron chi connectivity index (χ2n) is 4.80. The Kier molecular flexibility index (Phi) is 4.81. The number of anilines is 2. The minimum absolute atomic E-state index is 0.0801. The molecule has 0 aliphatic rings. The molecule has 0 N–H and O–H groups in total. The Morgan fingerprint density at radius 2 is 2.00 bits per heavy atom. The molecule has 0 aromatic heterocycles. The minimum Gasteiger partial charge on any atom is -0.336 e. The molecule has 0 unspecified atom stereocenters. The van der Waals surface area contributed by atoms with Crippen molar-refractivity contribution in [3.8, 4) is 0 Å². The lowest BCUT2D eigenvalue weighted by molar-refractivity contribution is -0.384. The summed E-state index contributed by atoms with van der Waals surface area (Å²) in [6.07, 6.45) is 0. The van der Waals surface area contributed by atoms with Gasteiger partial charge in [0.1, 0.15) is 5.69 Å². The van der Waals surface area contributed by atoms with Gasteiger partial charge in [-0.15, -0.1) is 11.6 Å². The van der Waals surface area contributed by atoms with Gasteiger partial charge < -0.3 is 4.90 Å². The van der Waals surface area contributed by atoms with Crippen molar-refractivity contribution >= 4 is 28.7 Å². The molecule has 2 aromatic rings. The predicted molar refractivity (Wildman–Crippen MR) is 86.5 cm³/mol. The highest BCUT2D eigenvalue weighted by Gasteiger charge is 2.20. The molecule has 2 aromatic carbocycles. The van der Waals surface area contributed by atoms with Crippen LogP contribution in [0, 0.1) is 17.0 Å². The second kappa shape index (κ2) is 6.59. The number of nitrogens with zero attached hydrogens (tertiary/aromatic N) is 2. The maximum absolute atomic E-state index is 11.3. The highest BCUT2D eigenvalue weighted by molar-refractivity contribution is 6.17. The Labute approximate surface area is 129 Å². The fraction of sp³-hybridized carbons (Fsp3) is 0.250. The normalized spacial score (nSPS) is 10.4. The van der Waals surface area contributed by atoms with E-state index in [0.29, 0.717) is 12.2 Å². The zero-order chi connectivity index (χ0) is 15.4. The molecular formula is C16H17ClN2O2. The number of rotatable bonds is 5. The van der Waals surface area contributed by atoms with Crippen LogP contribution in [0.15, 0.2) is 42.5 Å². The molecule has 110 valence electrons. The molecule has 0 fully saturated rings. The van der Waals surface area contributed by atoms with Crippen molar-refractivity contribution in [1.82, 2.24) is 0 Å². The van der Waals surface area contributed by atoms with E-state index in [2.05, 4.69) is 0 Å². The van der Waals surface area contributed by atoms with Crippen molar-refractivity contribution < 1.29 is 4.92 Å². The molecule has 5 heteroatoms. The van der Waals surface area contributed by atoms with Crippen LogP contribution >= 0.6 is 11.6 Å². The first-order valence-electron chi connectivity index (χ1n) is 6.74. The van der Waals surface area contributed by atoms with Crippen LogP contribution in [0.3, 0.4) is 0 Å². The fourth-order valence-electron chi connectivity index (χ4n) is 2.31. The van der Waals surface area contributed by atoms with E-state index < -0.39 is 0 Å². The SMILES string of the molecule is CCN(c1cccc(C)c1)c1ccc(CCl)cc1[N+](=O)[O-]. The number of alkyl halides is 1. The van der Waals surface area contributed by atoms with Crippen LogP contribution in [0.5, 0.6) is 0 Å². The summed E-state index contributed by atoms with van der Waals surface area (Å²) in [6, 6.07) is 13.1. The van der Waals surface area contributed by atoms with E-state index in [0.717, 1.165) is 16.8 Å². The lowest BCUT2D eigenvalue weighted by atomic mass is 10.1. The largest absolute Gasteiger partial charge is 0.336 e. The van der Waals surface area contributed by atoms with Gasteiger partial charge in [-0.2, -0.15) is 0 Å². The van der Waals surface area contributed by atoms with E-state index in [9.17, 15) is 10.1 Å². The quantitative estimate of drug-likeness (QED) is 0.453. The number of hydrogen-bond acceptors (Lipinski definition) is 3. The van der Waals surface area contributed by atoms with Crippen LogP contribution in [0.2, 0.25) is 0 Å². The van der Waals surface area contributed by atoms with Gasteiger partial charge in [-0.25, -0.2) is 0 Å². The first-order valence-corrected chi connectivity index (χ1v) is 7.27. The molecule has 4 nitrogen and oxygen atoms in total. The van der Waals surface area contributed by atoms with Gasteiger partial charge in [0.2, 0.25) is 0 Å². The molecule has 0 spiro atoms. The summed E-state index contributed by atoms with van der Waals surface area (Å²) in [4.78, 5) is 12.9. The highest BCUT2D eigenvalue weighted by Crippen LogP contribution is 2.34. The number of nitro benzene ring substituents is 1. The molecule has 0 saturated heterocycles. The van der Waals surface area contributed by atoms with Gasteiger partial charge in [0.25, 0.3) is 5.69 Å².